The summed E-state index contributed by atoms with van der Waals surface area (Å²) in [6.45, 7) is 2.29. The molecule has 3 heterocycles. The number of nitrogens with one attached hydrogen (secondary N) is 1. The number of aromatic nitrogens is 1. The minimum absolute atomic E-state index is 0.0539. The van der Waals surface area contributed by atoms with Crippen LogP contribution >= 0.6 is 0 Å². The van der Waals surface area contributed by atoms with Crippen molar-refractivity contribution in [3.05, 3.63) is 71.4 Å². The first-order valence-corrected chi connectivity index (χ1v) is 13.4. The van der Waals surface area contributed by atoms with Gasteiger partial charge in [-0.2, -0.15) is 0 Å². The third-order valence-electron chi connectivity index (χ3n) is 8.14. The Kier molecular flexibility index (Phi) is 7.97. The van der Waals surface area contributed by atoms with Gasteiger partial charge in [0.15, 0.2) is 0 Å². The van der Waals surface area contributed by atoms with Gasteiger partial charge in [0.2, 0.25) is 5.91 Å². The average Bonchev–Trinajstić information content (AvgIpc) is 3.35. The number of H-pyrrole nitrogens is 1. The second kappa shape index (κ2) is 11.6. The number of aliphatic carboxylic acids is 1. The summed E-state index contributed by atoms with van der Waals surface area (Å²) in [7, 11) is 1.66. The monoisotopic (exact) mass is 537 g/mol. The standard InChI is InChI=1S/C30H33F2N3O4/c1-39-24-3-4-27-25(17-24)26(18-33-27)20-6-12-35(13-7-20)29(30(37)38)21-8-10-34(11-9-21)28(36)5-2-19-14-22(31)16-23(32)15-19/h2-5,14-18,20-21,29,33H,6-13H2,1H3,(H,37,38). The highest BCUT2D eigenvalue weighted by molar-refractivity contribution is 5.92. The number of rotatable bonds is 7. The zero-order chi connectivity index (χ0) is 27.5. The SMILES string of the molecule is COc1ccc2[nH]cc(C3CCN(C(C(=O)O)C4CCN(C(=O)C=Cc5cc(F)cc(F)c5)CC4)CC3)c2c1. The molecule has 2 aliphatic rings. The summed E-state index contributed by atoms with van der Waals surface area (Å²) >= 11 is 0. The van der Waals surface area contributed by atoms with Crippen LogP contribution < -0.4 is 4.74 Å². The predicted molar refractivity (Wildman–Crippen MR) is 145 cm³/mol. The predicted octanol–water partition coefficient (Wildman–Crippen LogP) is 5.04. The first-order chi connectivity index (χ1) is 18.8. The minimum Gasteiger partial charge on any atom is -0.497 e. The summed E-state index contributed by atoms with van der Waals surface area (Å²) in [5, 5.41) is 11.3. The van der Waals surface area contributed by atoms with E-state index in [9.17, 15) is 23.5 Å². The maximum Gasteiger partial charge on any atom is 0.321 e. The Morgan fingerprint density at radius 1 is 1.03 bits per heavy atom. The minimum atomic E-state index is -0.817. The fourth-order valence-electron chi connectivity index (χ4n) is 6.11. The molecule has 1 unspecified atom stereocenters. The Morgan fingerprint density at radius 3 is 2.36 bits per heavy atom. The number of hydrogen-bond acceptors (Lipinski definition) is 4. The van der Waals surface area contributed by atoms with Gasteiger partial charge in [0.25, 0.3) is 0 Å². The molecular formula is C30H33F2N3O4. The summed E-state index contributed by atoms with van der Waals surface area (Å²) < 4.78 is 32.2. The van der Waals surface area contributed by atoms with Crippen LogP contribution in [0.4, 0.5) is 8.78 Å². The van der Waals surface area contributed by atoms with E-state index in [-0.39, 0.29) is 17.4 Å². The lowest BCUT2D eigenvalue weighted by atomic mass is 9.84. The van der Waals surface area contributed by atoms with Crippen molar-refractivity contribution < 1.29 is 28.2 Å². The van der Waals surface area contributed by atoms with Crippen molar-refractivity contribution >= 4 is 28.9 Å². The van der Waals surface area contributed by atoms with E-state index < -0.39 is 23.6 Å². The smallest absolute Gasteiger partial charge is 0.321 e. The van der Waals surface area contributed by atoms with Crippen molar-refractivity contribution in [2.45, 2.75) is 37.6 Å². The molecule has 0 aliphatic carbocycles. The molecule has 1 atom stereocenters. The van der Waals surface area contributed by atoms with Gasteiger partial charge < -0.3 is 19.7 Å². The number of likely N-dealkylation sites (tertiary alicyclic amines) is 2. The van der Waals surface area contributed by atoms with E-state index in [1.54, 1.807) is 12.0 Å². The fourth-order valence-corrected chi connectivity index (χ4v) is 6.11. The first kappa shape index (κ1) is 26.9. The number of amides is 1. The molecule has 7 nitrogen and oxygen atoms in total. The first-order valence-electron chi connectivity index (χ1n) is 13.4. The van der Waals surface area contributed by atoms with Crippen molar-refractivity contribution in [3.63, 3.8) is 0 Å². The van der Waals surface area contributed by atoms with E-state index in [0.29, 0.717) is 44.9 Å². The van der Waals surface area contributed by atoms with Crippen molar-refractivity contribution in [2.24, 2.45) is 5.92 Å². The number of carbonyl (C=O) groups is 2. The van der Waals surface area contributed by atoms with E-state index in [1.165, 1.54) is 17.7 Å². The molecule has 206 valence electrons. The molecule has 1 amide bonds. The maximum absolute atomic E-state index is 13.4. The lowest BCUT2D eigenvalue weighted by molar-refractivity contribution is -0.147. The second-order valence-electron chi connectivity index (χ2n) is 10.4. The molecule has 0 spiro atoms. The molecular weight excluding hydrogens is 504 g/mol. The molecule has 2 N–H and O–H groups in total. The van der Waals surface area contributed by atoms with Crippen LogP contribution in [-0.2, 0) is 9.59 Å². The number of hydrogen-bond donors (Lipinski definition) is 2. The van der Waals surface area contributed by atoms with Gasteiger partial charge in [-0.15, -0.1) is 0 Å². The van der Waals surface area contributed by atoms with Crippen molar-refractivity contribution in [3.8, 4) is 5.75 Å². The number of piperidine rings is 2. The molecule has 2 saturated heterocycles. The number of carboxylic acid groups (broad SMARTS) is 1. The van der Waals surface area contributed by atoms with Crippen molar-refractivity contribution in [1.82, 2.24) is 14.8 Å². The van der Waals surface area contributed by atoms with E-state index in [4.69, 9.17) is 4.74 Å². The molecule has 5 rings (SSSR count). The lowest BCUT2D eigenvalue weighted by Crippen LogP contribution is -2.52. The molecule has 39 heavy (non-hydrogen) atoms. The topological polar surface area (TPSA) is 85.9 Å². The molecule has 0 radical (unpaired) electrons. The van der Waals surface area contributed by atoms with Crippen LogP contribution in [0.25, 0.3) is 17.0 Å². The maximum atomic E-state index is 13.4. The third kappa shape index (κ3) is 5.98. The molecule has 3 aromatic rings. The van der Waals surface area contributed by atoms with Crippen molar-refractivity contribution in [2.75, 3.05) is 33.3 Å². The van der Waals surface area contributed by atoms with Gasteiger partial charge >= 0.3 is 5.97 Å². The summed E-state index contributed by atoms with van der Waals surface area (Å²) in [6.07, 6.45) is 7.70. The van der Waals surface area contributed by atoms with Gasteiger partial charge in [0.1, 0.15) is 23.4 Å². The number of benzene rings is 2. The van der Waals surface area contributed by atoms with Gasteiger partial charge in [-0.1, -0.05) is 0 Å². The Morgan fingerprint density at radius 2 is 1.72 bits per heavy atom. The summed E-state index contributed by atoms with van der Waals surface area (Å²) in [5.74, 6) is -1.36. The third-order valence-corrected chi connectivity index (χ3v) is 8.14. The highest BCUT2D eigenvalue weighted by Crippen LogP contribution is 2.36. The summed E-state index contributed by atoms with van der Waals surface area (Å²) in [4.78, 5) is 32.1. The van der Waals surface area contributed by atoms with Crippen LogP contribution in [-0.4, -0.2) is 71.1 Å². The number of methoxy groups -OCH3 is 1. The highest BCUT2D eigenvalue weighted by atomic mass is 19.1. The van der Waals surface area contributed by atoms with Gasteiger partial charge in [-0.3, -0.25) is 14.5 Å². The van der Waals surface area contributed by atoms with E-state index >= 15 is 0 Å². The second-order valence-corrected chi connectivity index (χ2v) is 10.4. The number of nitrogens with zero attached hydrogens (tertiary/aromatic N) is 2. The van der Waals surface area contributed by atoms with Crippen LogP contribution in [0.3, 0.4) is 0 Å². The van der Waals surface area contributed by atoms with E-state index in [2.05, 4.69) is 16.1 Å². The molecule has 0 saturated carbocycles. The molecule has 2 fully saturated rings. The normalized spacial score (nSPS) is 18.6. The quantitative estimate of drug-likeness (QED) is 0.413. The van der Waals surface area contributed by atoms with Gasteiger partial charge in [0, 0.05) is 42.3 Å². The Labute approximate surface area is 226 Å². The van der Waals surface area contributed by atoms with E-state index in [0.717, 1.165) is 47.7 Å². The molecule has 0 bridgehead atoms. The zero-order valence-electron chi connectivity index (χ0n) is 21.9. The zero-order valence-corrected chi connectivity index (χ0v) is 21.9. The number of carboxylic acids is 1. The molecule has 2 aliphatic heterocycles. The van der Waals surface area contributed by atoms with Gasteiger partial charge in [-0.25, -0.2) is 8.78 Å². The number of carbonyl (C=O) groups excluding carboxylic acids is 1. The van der Waals surface area contributed by atoms with Crippen LogP contribution in [0.5, 0.6) is 5.75 Å². The fraction of sp³-hybridized carbons (Fsp3) is 0.400. The molecule has 9 heteroatoms. The van der Waals surface area contributed by atoms with Crippen LogP contribution in [0.1, 0.15) is 42.7 Å². The summed E-state index contributed by atoms with van der Waals surface area (Å²) in [5.41, 5.74) is 2.59. The van der Waals surface area contributed by atoms with Crippen LogP contribution in [0.15, 0.2) is 48.7 Å². The largest absolute Gasteiger partial charge is 0.497 e. The average molecular weight is 538 g/mol. The molecule has 2 aromatic carbocycles. The van der Waals surface area contributed by atoms with Crippen LogP contribution in [0, 0.1) is 17.6 Å². The summed E-state index contributed by atoms with van der Waals surface area (Å²) in [6, 6.07) is 8.52. The van der Waals surface area contributed by atoms with Gasteiger partial charge in [-0.05, 0) is 98.1 Å². The Hall–Kier alpha value is -3.72. The molecule has 1 aromatic heterocycles. The Balaban J connectivity index is 1.18. The van der Waals surface area contributed by atoms with Gasteiger partial charge in [0.05, 0.1) is 7.11 Å². The number of aromatic amines is 1. The Bertz CT molecular complexity index is 1350. The van der Waals surface area contributed by atoms with E-state index in [1.807, 2.05) is 18.2 Å². The highest BCUT2D eigenvalue weighted by Gasteiger charge is 2.38. The van der Waals surface area contributed by atoms with Crippen LogP contribution in [0.2, 0.25) is 0 Å². The number of fused-ring (bicyclic) bond motifs is 1. The number of ether oxygens (including phenoxy) is 1. The van der Waals surface area contributed by atoms with Crippen molar-refractivity contribution in [1.29, 1.82) is 0 Å². The lowest BCUT2D eigenvalue weighted by Gasteiger charge is -2.41. The number of halogens is 2.